The molecule has 1 heterocycles. The van der Waals surface area contributed by atoms with Crippen molar-refractivity contribution in [1.29, 1.82) is 0 Å². The maximum Gasteiger partial charge on any atom is 0.304 e. The molecule has 0 saturated carbocycles. The summed E-state index contributed by atoms with van der Waals surface area (Å²) in [4.78, 5) is 15.1. The fourth-order valence-corrected chi connectivity index (χ4v) is 2.15. The largest absolute Gasteiger partial charge is 0.481 e. The molecule has 0 spiro atoms. The molecule has 1 aliphatic heterocycles. The highest BCUT2D eigenvalue weighted by molar-refractivity contribution is 5.66. The molecule has 21 heavy (non-hydrogen) atoms. The second-order valence-corrected chi connectivity index (χ2v) is 5.04. The van der Waals surface area contributed by atoms with Gasteiger partial charge in [-0.15, -0.1) is 0 Å². The number of carbonyl (C=O) groups is 1. The quantitative estimate of drug-likeness (QED) is 0.499. The number of ether oxygens (including phenoxy) is 3. The summed E-state index contributed by atoms with van der Waals surface area (Å²) < 4.78 is 15.7. The smallest absolute Gasteiger partial charge is 0.304 e. The monoisotopic (exact) mass is 304 g/mol. The van der Waals surface area contributed by atoms with E-state index in [1.165, 1.54) is 0 Å². The molecule has 124 valence electrons. The van der Waals surface area contributed by atoms with E-state index in [-0.39, 0.29) is 6.42 Å². The van der Waals surface area contributed by atoms with E-state index in [0.29, 0.717) is 39.6 Å². The molecule has 0 aromatic carbocycles. The van der Waals surface area contributed by atoms with Gasteiger partial charge in [-0.25, -0.2) is 0 Å². The van der Waals surface area contributed by atoms with Crippen LogP contribution in [0.3, 0.4) is 0 Å². The molecule has 1 aliphatic rings. The molecule has 0 aromatic rings. The van der Waals surface area contributed by atoms with Gasteiger partial charge in [0, 0.05) is 46.4 Å². The van der Waals surface area contributed by atoms with Crippen molar-refractivity contribution in [2.75, 3.05) is 79.4 Å². The number of nitrogens with zero attached hydrogens (tertiary/aromatic N) is 2. The summed E-state index contributed by atoms with van der Waals surface area (Å²) in [6.45, 7) is 8.56. The molecule has 0 aromatic heterocycles. The van der Waals surface area contributed by atoms with Gasteiger partial charge < -0.3 is 24.2 Å². The number of aliphatic carboxylic acids is 1. The first kappa shape index (κ1) is 18.3. The molecule has 1 fully saturated rings. The number of hydrogen-bond acceptors (Lipinski definition) is 6. The predicted molar refractivity (Wildman–Crippen MR) is 78.6 cm³/mol. The SMILES string of the molecule is COCCOCCOCCN1CCN(CCC(=O)O)CC1. The van der Waals surface area contributed by atoms with Crippen LogP contribution < -0.4 is 0 Å². The Kier molecular flexibility index (Phi) is 10.4. The molecule has 0 radical (unpaired) electrons. The third-order valence-electron chi connectivity index (χ3n) is 3.46. The first-order valence-electron chi connectivity index (χ1n) is 7.53. The minimum Gasteiger partial charge on any atom is -0.481 e. The molecule has 7 heteroatoms. The van der Waals surface area contributed by atoms with Crippen LogP contribution in [-0.4, -0.2) is 100 Å². The highest BCUT2D eigenvalue weighted by atomic mass is 16.5. The lowest BCUT2D eigenvalue weighted by molar-refractivity contribution is -0.137. The molecular weight excluding hydrogens is 276 g/mol. The lowest BCUT2D eigenvalue weighted by atomic mass is 10.3. The molecule has 1 N–H and O–H groups in total. The lowest BCUT2D eigenvalue weighted by Crippen LogP contribution is -2.47. The zero-order valence-corrected chi connectivity index (χ0v) is 13.0. The van der Waals surface area contributed by atoms with Crippen LogP contribution in [0, 0.1) is 0 Å². The van der Waals surface area contributed by atoms with Crippen molar-refractivity contribution in [1.82, 2.24) is 9.80 Å². The van der Waals surface area contributed by atoms with E-state index in [1.807, 2.05) is 0 Å². The van der Waals surface area contributed by atoms with Crippen molar-refractivity contribution in [3.05, 3.63) is 0 Å². The average Bonchev–Trinajstić information content (AvgIpc) is 2.49. The number of methoxy groups -OCH3 is 1. The first-order valence-corrected chi connectivity index (χ1v) is 7.53. The Hall–Kier alpha value is -0.730. The zero-order chi connectivity index (χ0) is 15.3. The number of rotatable bonds is 12. The minimum absolute atomic E-state index is 0.228. The maximum atomic E-state index is 10.5. The van der Waals surface area contributed by atoms with E-state index in [4.69, 9.17) is 19.3 Å². The van der Waals surface area contributed by atoms with E-state index in [1.54, 1.807) is 7.11 Å². The Labute approximate surface area is 126 Å². The van der Waals surface area contributed by atoms with Crippen molar-refractivity contribution in [2.24, 2.45) is 0 Å². The Morgan fingerprint density at radius 1 is 0.905 bits per heavy atom. The third-order valence-corrected chi connectivity index (χ3v) is 3.46. The van der Waals surface area contributed by atoms with E-state index in [0.717, 1.165) is 32.7 Å². The standard InChI is InChI=1S/C14H28N2O5/c1-19-10-11-21-13-12-20-9-8-16-6-4-15(5-7-16)3-2-14(17)18/h2-13H2,1H3,(H,17,18). The first-order chi connectivity index (χ1) is 10.2. The van der Waals surface area contributed by atoms with E-state index in [9.17, 15) is 4.79 Å². The van der Waals surface area contributed by atoms with E-state index < -0.39 is 5.97 Å². The second kappa shape index (κ2) is 11.9. The van der Waals surface area contributed by atoms with Gasteiger partial charge in [-0.2, -0.15) is 0 Å². The van der Waals surface area contributed by atoms with E-state index >= 15 is 0 Å². The zero-order valence-electron chi connectivity index (χ0n) is 13.0. The van der Waals surface area contributed by atoms with Gasteiger partial charge in [-0.3, -0.25) is 9.69 Å². The van der Waals surface area contributed by atoms with Gasteiger partial charge in [0.25, 0.3) is 0 Å². The number of carboxylic acids is 1. The van der Waals surface area contributed by atoms with Crippen LogP contribution in [0.25, 0.3) is 0 Å². The molecule has 0 aliphatic carbocycles. The number of carboxylic acid groups (broad SMARTS) is 1. The Balaban J connectivity index is 1.90. The summed E-state index contributed by atoms with van der Waals surface area (Å²) in [5.74, 6) is -0.724. The Bertz CT molecular complexity index is 270. The van der Waals surface area contributed by atoms with Crippen LogP contribution in [0.5, 0.6) is 0 Å². The Morgan fingerprint density at radius 3 is 2.00 bits per heavy atom. The molecule has 0 atom stereocenters. The van der Waals surface area contributed by atoms with Crippen LogP contribution in [0.15, 0.2) is 0 Å². The normalized spacial score (nSPS) is 17.2. The average molecular weight is 304 g/mol. The van der Waals surface area contributed by atoms with Gasteiger partial charge >= 0.3 is 5.97 Å². The number of hydrogen-bond donors (Lipinski definition) is 1. The van der Waals surface area contributed by atoms with Crippen molar-refractivity contribution >= 4 is 5.97 Å². The fourth-order valence-electron chi connectivity index (χ4n) is 2.15. The minimum atomic E-state index is -0.724. The summed E-state index contributed by atoms with van der Waals surface area (Å²) >= 11 is 0. The third kappa shape index (κ3) is 9.76. The van der Waals surface area contributed by atoms with Crippen LogP contribution in [-0.2, 0) is 19.0 Å². The second-order valence-electron chi connectivity index (χ2n) is 5.04. The highest BCUT2D eigenvalue weighted by Crippen LogP contribution is 2.02. The Morgan fingerprint density at radius 2 is 1.43 bits per heavy atom. The van der Waals surface area contributed by atoms with Crippen molar-refractivity contribution < 1.29 is 24.1 Å². The fraction of sp³-hybridized carbons (Fsp3) is 0.929. The van der Waals surface area contributed by atoms with Crippen molar-refractivity contribution in [3.63, 3.8) is 0 Å². The van der Waals surface area contributed by atoms with Crippen LogP contribution in [0.4, 0.5) is 0 Å². The molecule has 0 unspecified atom stereocenters. The number of piperazine rings is 1. The van der Waals surface area contributed by atoms with E-state index in [2.05, 4.69) is 9.80 Å². The maximum absolute atomic E-state index is 10.5. The van der Waals surface area contributed by atoms with Gasteiger partial charge in [-0.05, 0) is 0 Å². The summed E-state index contributed by atoms with van der Waals surface area (Å²) in [5, 5.41) is 8.66. The summed E-state index contributed by atoms with van der Waals surface area (Å²) in [6.07, 6.45) is 0.228. The van der Waals surface area contributed by atoms with Crippen LogP contribution in [0.2, 0.25) is 0 Å². The summed E-state index contributed by atoms with van der Waals surface area (Å²) in [5.41, 5.74) is 0. The van der Waals surface area contributed by atoms with Gasteiger partial charge in [0.05, 0.1) is 39.5 Å². The molecule has 0 bridgehead atoms. The van der Waals surface area contributed by atoms with Gasteiger partial charge in [0.1, 0.15) is 0 Å². The highest BCUT2D eigenvalue weighted by Gasteiger charge is 2.16. The van der Waals surface area contributed by atoms with Crippen molar-refractivity contribution in [3.8, 4) is 0 Å². The van der Waals surface area contributed by atoms with Crippen LogP contribution >= 0.6 is 0 Å². The summed E-state index contributed by atoms with van der Waals surface area (Å²) in [7, 11) is 1.65. The molecule has 0 amide bonds. The molecular formula is C14H28N2O5. The lowest BCUT2D eigenvalue weighted by Gasteiger charge is -2.34. The van der Waals surface area contributed by atoms with Crippen molar-refractivity contribution in [2.45, 2.75) is 6.42 Å². The predicted octanol–water partition coefficient (Wildman–Crippen LogP) is -0.242. The van der Waals surface area contributed by atoms with Gasteiger partial charge in [0.2, 0.25) is 0 Å². The van der Waals surface area contributed by atoms with Crippen LogP contribution in [0.1, 0.15) is 6.42 Å². The van der Waals surface area contributed by atoms with Gasteiger partial charge in [-0.1, -0.05) is 0 Å². The molecule has 1 rings (SSSR count). The summed E-state index contributed by atoms with van der Waals surface area (Å²) in [6, 6.07) is 0. The van der Waals surface area contributed by atoms with Gasteiger partial charge in [0.15, 0.2) is 0 Å². The molecule has 1 saturated heterocycles. The molecule has 7 nitrogen and oxygen atoms in total. The topological polar surface area (TPSA) is 71.5 Å².